The molecule has 0 aliphatic heterocycles. The average Bonchev–Trinajstić information content (AvgIpc) is 2.70. The molecule has 0 fully saturated rings. The third-order valence-corrected chi connectivity index (χ3v) is 5.87. The number of rotatable bonds is 6. The van der Waals surface area contributed by atoms with Crippen LogP contribution in [0, 0.1) is 6.92 Å². The zero-order valence-corrected chi connectivity index (χ0v) is 13.4. The van der Waals surface area contributed by atoms with Crippen LogP contribution in [-0.4, -0.2) is 46.0 Å². The molecule has 108 valence electrons. The summed E-state index contributed by atoms with van der Waals surface area (Å²) < 4.78 is 27.8. The fraction of sp³-hybridized carbons (Fsp3) is 0.545. The Kier molecular flexibility index (Phi) is 5.79. The number of ether oxygens (including phenoxy) is 1. The van der Waals surface area contributed by atoms with E-state index in [0.717, 1.165) is 11.3 Å². The van der Waals surface area contributed by atoms with Crippen LogP contribution in [0.15, 0.2) is 9.59 Å². The zero-order valence-electron chi connectivity index (χ0n) is 11.0. The lowest BCUT2D eigenvalue weighted by molar-refractivity contribution is 0.0709. The molecule has 0 aromatic carbocycles. The molecule has 0 aliphatic carbocycles. The Bertz CT molecular complexity index is 553. The standard InChI is InChI=1S/C11H16ClNO4S2/c1-4-17-6-5-13(3)10(14)9-7-18-11(8(9)2)19(12,15)16/h7H,4-6H2,1-3H3. The van der Waals surface area contributed by atoms with E-state index in [-0.39, 0.29) is 10.1 Å². The SMILES string of the molecule is CCOCCN(C)C(=O)c1csc(S(=O)(=O)Cl)c1C. The molecule has 19 heavy (non-hydrogen) atoms. The molecule has 1 amide bonds. The number of carbonyl (C=O) groups excluding carboxylic acids is 1. The van der Waals surface area contributed by atoms with E-state index in [1.54, 1.807) is 14.0 Å². The van der Waals surface area contributed by atoms with E-state index >= 15 is 0 Å². The highest BCUT2D eigenvalue weighted by Crippen LogP contribution is 2.29. The zero-order chi connectivity index (χ0) is 14.6. The van der Waals surface area contributed by atoms with Crippen LogP contribution in [0.3, 0.4) is 0 Å². The number of amides is 1. The second-order valence-corrected chi connectivity index (χ2v) is 7.56. The van der Waals surface area contributed by atoms with E-state index in [1.807, 2.05) is 6.92 Å². The summed E-state index contributed by atoms with van der Waals surface area (Å²) in [6, 6.07) is 0. The van der Waals surface area contributed by atoms with E-state index in [0.29, 0.717) is 30.9 Å². The summed E-state index contributed by atoms with van der Waals surface area (Å²) in [6.07, 6.45) is 0. The highest BCUT2D eigenvalue weighted by Gasteiger charge is 2.23. The summed E-state index contributed by atoms with van der Waals surface area (Å²) >= 11 is 0.959. The molecular weight excluding hydrogens is 310 g/mol. The van der Waals surface area contributed by atoms with Crippen molar-refractivity contribution in [3.05, 3.63) is 16.5 Å². The summed E-state index contributed by atoms with van der Waals surface area (Å²) in [5, 5.41) is 1.52. The van der Waals surface area contributed by atoms with Crippen molar-refractivity contribution in [2.24, 2.45) is 0 Å². The van der Waals surface area contributed by atoms with Gasteiger partial charge in [-0.25, -0.2) is 8.42 Å². The van der Waals surface area contributed by atoms with Crippen molar-refractivity contribution in [2.45, 2.75) is 18.1 Å². The third-order valence-electron chi connectivity index (χ3n) is 2.57. The van der Waals surface area contributed by atoms with Crippen molar-refractivity contribution in [1.29, 1.82) is 0 Å². The molecule has 1 aromatic rings. The Morgan fingerprint density at radius 2 is 2.16 bits per heavy atom. The van der Waals surface area contributed by atoms with Crippen LogP contribution >= 0.6 is 22.0 Å². The monoisotopic (exact) mass is 325 g/mol. The van der Waals surface area contributed by atoms with Crippen LogP contribution < -0.4 is 0 Å². The maximum Gasteiger partial charge on any atom is 0.271 e. The Morgan fingerprint density at radius 3 is 2.63 bits per heavy atom. The van der Waals surface area contributed by atoms with Crippen LogP contribution in [-0.2, 0) is 13.8 Å². The fourth-order valence-electron chi connectivity index (χ4n) is 1.50. The topological polar surface area (TPSA) is 63.7 Å². The number of hydrogen-bond acceptors (Lipinski definition) is 5. The second kappa shape index (κ2) is 6.69. The summed E-state index contributed by atoms with van der Waals surface area (Å²) in [6.45, 7) is 4.94. The van der Waals surface area contributed by atoms with E-state index in [1.165, 1.54) is 10.3 Å². The van der Waals surface area contributed by atoms with Crippen molar-refractivity contribution in [2.75, 3.05) is 26.8 Å². The molecule has 0 spiro atoms. The Balaban J connectivity index is 2.87. The first kappa shape index (κ1) is 16.4. The number of hydrogen-bond donors (Lipinski definition) is 0. The van der Waals surface area contributed by atoms with Gasteiger partial charge in [-0.05, 0) is 19.4 Å². The van der Waals surface area contributed by atoms with Gasteiger partial charge in [0.1, 0.15) is 4.21 Å². The molecule has 0 radical (unpaired) electrons. The minimum Gasteiger partial charge on any atom is -0.380 e. The van der Waals surface area contributed by atoms with Crippen molar-refractivity contribution >= 4 is 37.0 Å². The molecule has 0 aliphatic rings. The Morgan fingerprint density at radius 1 is 1.53 bits per heavy atom. The summed E-state index contributed by atoms with van der Waals surface area (Å²) in [5.74, 6) is -0.236. The lowest BCUT2D eigenvalue weighted by atomic mass is 10.2. The minimum absolute atomic E-state index is 0.0238. The summed E-state index contributed by atoms with van der Waals surface area (Å²) in [7, 11) is 3.15. The van der Waals surface area contributed by atoms with Gasteiger partial charge < -0.3 is 9.64 Å². The van der Waals surface area contributed by atoms with Crippen LogP contribution in [0.4, 0.5) is 0 Å². The first-order valence-electron chi connectivity index (χ1n) is 5.65. The van der Waals surface area contributed by atoms with Gasteiger partial charge in [0.15, 0.2) is 0 Å². The molecule has 8 heteroatoms. The summed E-state index contributed by atoms with van der Waals surface area (Å²) in [5.41, 5.74) is 0.761. The normalized spacial score (nSPS) is 11.6. The van der Waals surface area contributed by atoms with Gasteiger partial charge in [-0.1, -0.05) is 0 Å². The number of halogens is 1. The largest absolute Gasteiger partial charge is 0.380 e. The van der Waals surface area contributed by atoms with Gasteiger partial charge in [0.05, 0.1) is 12.2 Å². The van der Waals surface area contributed by atoms with Gasteiger partial charge in [-0.3, -0.25) is 4.79 Å². The van der Waals surface area contributed by atoms with Gasteiger partial charge in [0, 0.05) is 36.3 Å². The highest BCUT2D eigenvalue weighted by molar-refractivity contribution is 8.15. The van der Waals surface area contributed by atoms with Gasteiger partial charge in [0.25, 0.3) is 15.0 Å². The molecular formula is C11H16ClNO4S2. The third kappa shape index (κ3) is 4.17. The van der Waals surface area contributed by atoms with Gasteiger partial charge in [-0.2, -0.15) is 0 Å². The van der Waals surface area contributed by atoms with Crippen molar-refractivity contribution in [3.8, 4) is 0 Å². The summed E-state index contributed by atoms with van der Waals surface area (Å²) in [4.78, 5) is 13.6. The maximum atomic E-state index is 12.1. The van der Waals surface area contributed by atoms with Crippen LogP contribution in [0.25, 0.3) is 0 Å². The van der Waals surface area contributed by atoms with Crippen LogP contribution in [0.1, 0.15) is 22.8 Å². The molecule has 0 unspecified atom stereocenters. The first-order valence-corrected chi connectivity index (χ1v) is 8.83. The van der Waals surface area contributed by atoms with Crippen LogP contribution in [0.2, 0.25) is 0 Å². The fourth-order valence-corrected chi connectivity index (χ4v) is 4.05. The van der Waals surface area contributed by atoms with E-state index in [4.69, 9.17) is 15.4 Å². The predicted octanol–water partition coefficient (Wildman–Crippen LogP) is 2.09. The van der Waals surface area contributed by atoms with Gasteiger partial charge in [-0.15, -0.1) is 11.3 Å². The quantitative estimate of drug-likeness (QED) is 0.593. The molecule has 0 N–H and O–H groups in total. The molecule has 1 rings (SSSR count). The number of thiophene rings is 1. The molecule has 5 nitrogen and oxygen atoms in total. The Hall–Kier alpha value is -0.630. The minimum atomic E-state index is -3.80. The van der Waals surface area contributed by atoms with Crippen molar-refractivity contribution in [3.63, 3.8) is 0 Å². The lowest BCUT2D eigenvalue weighted by Gasteiger charge is -2.16. The molecule has 0 atom stereocenters. The molecule has 1 aromatic heterocycles. The Labute approximate surface area is 121 Å². The molecule has 1 heterocycles. The maximum absolute atomic E-state index is 12.1. The van der Waals surface area contributed by atoms with Crippen LogP contribution in [0.5, 0.6) is 0 Å². The van der Waals surface area contributed by atoms with Gasteiger partial charge in [0.2, 0.25) is 0 Å². The van der Waals surface area contributed by atoms with Crippen molar-refractivity contribution in [1.82, 2.24) is 4.90 Å². The average molecular weight is 326 g/mol. The smallest absolute Gasteiger partial charge is 0.271 e. The molecule has 0 bridgehead atoms. The van der Waals surface area contributed by atoms with E-state index < -0.39 is 9.05 Å². The number of carbonyl (C=O) groups is 1. The number of nitrogens with zero attached hydrogens (tertiary/aromatic N) is 1. The lowest BCUT2D eigenvalue weighted by Crippen LogP contribution is -2.30. The van der Waals surface area contributed by atoms with Gasteiger partial charge >= 0.3 is 0 Å². The predicted molar refractivity (Wildman–Crippen MR) is 75.5 cm³/mol. The molecule has 0 saturated carbocycles. The van der Waals surface area contributed by atoms with Crippen molar-refractivity contribution < 1.29 is 17.9 Å². The number of likely N-dealkylation sites (N-methyl/N-ethyl adjacent to an activating group) is 1. The second-order valence-electron chi connectivity index (χ2n) is 3.92. The van der Waals surface area contributed by atoms with E-state index in [2.05, 4.69) is 0 Å². The first-order chi connectivity index (χ1) is 8.79. The van der Waals surface area contributed by atoms with E-state index in [9.17, 15) is 13.2 Å². The highest BCUT2D eigenvalue weighted by atomic mass is 35.7. The molecule has 0 saturated heterocycles.